The van der Waals surface area contributed by atoms with Crippen molar-refractivity contribution in [2.24, 2.45) is 0 Å². The molecule has 29 heavy (non-hydrogen) atoms. The van der Waals surface area contributed by atoms with E-state index in [2.05, 4.69) is 0 Å². The third-order valence-corrected chi connectivity index (χ3v) is 4.41. The van der Waals surface area contributed by atoms with Crippen molar-refractivity contribution in [3.63, 3.8) is 0 Å². The highest BCUT2D eigenvalue weighted by atomic mass is 19.1. The van der Waals surface area contributed by atoms with Crippen LogP contribution in [0.25, 0.3) is 0 Å². The molecule has 0 saturated carbocycles. The van der Waals surface area contributed by atoms with Gasteiger partial charge in [0.05, 0.1) is 6.42 Å². The number of fused-ring (bicyclic) bond motifs is 1. The fourth-order valence-electron chi connectivity index (χ4n) is 2.97. The van der Waals surface area contributed by atoms with Crippen LogP contribution in [0.2, 0.25) is 0 Å². The largest absolute Gasteiger partial charge is 0.486 e. The lowest BCUT2D eigenvalue weighted by molar-refractivity contribution is -0.133. The summed E-state index contributed by atoms with van der Waals surface area (Å²) in [5.74, 6) is 0.545. The first-order valence-electron chi connectivity index (χ1n) is 9.08. The Balaban J connectivity index is 1.39. The second kappa shape index (κ2) is 8.14. The highest BCUT2D eigenvalue weighted by molar-refractivity contribution is 6.09. The maximum absolute atomic E-state index is 13.0. The summed E-state index contributed by atoms with van der Waals surface area (Å²) in [5, 5.41) is 0. The number of halogens is 1. The lowest BCUT2D eigenvalue weighted by Crippen LogP contribution is -2.16. The number of ketones is 1. The maximum atomic E-state index is 13.0. The molecule has 0 bridgehead atoms. The average Bonchev–Trinajstić information content (AvgIpc) is 2.74. The summed E-state index contributed by atoms with van der Waals surface area (Å²) in [6, 6.07) is 16.9. The van der Waals surface area contributed by atoms with Gasteiger partial charge in [-0.25, -0.2) is 4.39 Å². The van der Waals surface area contributed by atoms with Crippen LogP contribution in [0, 0.1) is 5.82 Å². The summed E-state index contributed by atoms with van der Waals surface area (Å²) >= 11 is 0. The van der Waals surface area contributed by atoms with Crippen molar-refractivity contribution < 1.29 is 28.2 Å². The molecule has 0 atom stereocenters. The van der Waals surface area contributed by atoms with Crippen molar-refractivity contribution >= 4 is 11.8 Å². The molecule has 0 aliphatic carbocycles. The van der Waals surface area contributed by atoms with Gasteiger partial charge >= 0.3 is 5.97 Å². The third kappa shape index (κ3) is 4.43. The SMILES string of the molecule is O=C(Cc1ccc2c(c1)OCCO2)Oc1ccc(C(=O)c2ccc(F)cc2)cc1. The number of benzene rings is 3. The minimum Gasteiger partial charge on any atom is -0.486 e. The summed E-state index contributed by atoms with van der Waals surface area (Å²) in [5.41, 5.74) is 1.56. The minimum absolute atomic E-state index is 0.0763. The molecule has 0 amide bonds. The quantitative estimate of drug-likeness (QED) is 0.373. The molecule has 3 aromatic rings. The van der Waals surface area contributed by atoms with Crippen LogP contribution in [-0.2, 0) is 11.2 Å². The number of carbonyl (C=O) groups is 2. The summed E-state index contributed by atoms with van der Waals surface area (Å²) in [6.07, 6.45) is 0.0763. The van der Waals surface area contributed by atoms with Crippen LogP contribution in [0.4, 0.5) is 4.39 Å². The Morgan fingerprint density at radius 2 is 1.45 bits per heavy atom. The Labute approximate surface area is 166 Å². The van der Waals surface area contributed by atoms with Gasteiger partial charge in [0, 0.05) is 11.1 Å². The molecule has 146 valence electrons. The predicted molar refractivity (Wildman–Crippen MR) is 103 cm³/mol. The molecule has 1 aliphatic heterocycles. The number of carbonyl (C=O) groups excluding carboxylic acids is 2. The Morgan fingerprint density at radius 1 is 0.828 bits per heavy atom. The van der Waals surface area contributed by atoms with E-state index in [9.17, 15) is 14.0 Å². The molecule has 4 rings (SSSR count). The van der Waals surface area contributed by atoms with E-state index >= 15 is 0 Å². The average molecular weight is 392 g/mol. The van der Waals surface area contributed by atoms with E-state index < -0.39 is 11.8 Å². The molecule has 0 saturated heterocycles. The highest BCUT2D eigenvalue weighted by Gasteiger charge is 2.15. The molecule has 0 unspecified atom stereocenters. The lowest BCUT2D eigenvalue weighted by Gasteiger charge is -2.18. The predicted octanol–water partition coefficient (Wildman–Crippen LogP) is 3.98. The fourth-order valence-corrected chi connectivity index (χ4v) is 2.97. The fraction of sp³-hybridized carbons (Fsp3) is 0.130. The molecule has 5 nitrogen and oxygen atoms in total. The summed E-state index contributed by atoms with van der Waals surface area (Å²) in [7, 11) is 0. The molecule has 6 heteroatoms. The van der Waals surface area contributed by atoms with Gasteiger partial charge in [-0.2, -0.15) is 0 Å². The zero-order valence-corrected chi connectivity index (χ0v) is 15.4. The Morgan fingerprint density at radius 3 is 2.14 bits per heavy atom. The van der Waals surface area contributed by atoms with E-state index in [1.807, 2.05) is 0 Å². The van der Waals surface area contributed by atoms with Crippen LogP contribution in [-0.4, -0.2) is 25.0 Å². The van der Waals surface area contributed by atoms with E-state index in [0.29, 0.717) is 41.6 Å². The van der Waals surface area contributed by atoms with E-state index in [-0.39, 0.29) is 12.2 Å². The maximum Gasteiger partial charge on any atom is 0.315 e. The Hall–Kier alpha value is -3.67. The van der Waals surface area contributed by atoms with E-state index in [4.69, 9.17) is 14.2 Å². The van der Waals surface area contributed by atoms with Gasteiger partial charge in [0.1, 0.15) is 24.8 Å². The topological polar surface area (TPSA) is 61.8 Å². The highest BCUT2D eigenvalue weighted by Crippen LogP contribution is 2.31. The minimum atomic E-state index is -0.431. The first-order valence-corrected chi connectivity index (χ1v) is 9.08. The molecule has 1 aliphatic rings. The van der Waals surface area contributed by atoms with Gasteiger partial charge in [-0.05, 0) is 66.2 Å². The zero-order valence-electron chi connectivity index (χ0n) is 15.4. The monoisotopic (exact) mass is 392 g/mol. The first kappa shape index (κ1) is 18.7. The molecule has 0 spiro atoms. The normalized spacial score (nSPS) is 12.3. The summed E-state index contributed by atoms with van der Waals surface area (Å²) < 4.78 is 29.3. The molecule has 0 radical (unpaired) electrons. The zero-order chi connectivity index (χ0) is 20.2. The van der Waals surface area contributed by atoms with Crippen LogP contribution < -0.4 is 14.2 Å². The third-order valence-electron chi connectivity index (χ3n) is 4.41. The number of esters is 1. The van der Waals surface area contributed by atoms with Gasteiger partial charge < -0.3 is 14.2 Å². The van der Waals surface area contributed by atoms with Crippen molar-refractivity contribution in [2.75, 3.05) is 13.2 Å². The van der Waals surface area contributed by atoms with Crippen molar-refractivity contribution in [1.29, 1.82) is 0 Å². The van der Waals surface area contributed by atoms with Crippen molar-refractivity contribution in [3.8, 4) is 17.2 Å². The van der Waals surface area contributed by atoms with E-state index in [1.54, 1.807) is 42.5 Å². The number of rotatable bonds is 5. The van der Waals surface area contributed by atoms with Crippen molar-refractivity contribution in [1.82, 2.24) is 0 Å². The van der Waals surface area contributed by atoms with Gasteiger partial charge in [-0.3, -0.25) is 9.59 Å². The molecule has 0 fully saturated rings. The Kier molecular flexibility index (Phi) is 5.24. The van der Waals surface area contributed by atoms with Gasteiger partial charge in [0.2, 0.25) is 0 Å². The van der Waals surface area contributed by atoms with Crippen LogP contribution in [0.3, 0.4) is 0 Å². The van der Waals surface area contributed by atoms with Crippen LogP contribution in [0.5, 0.6) is 17.2 Å². The summed E-state index contributed by atoms with van der Waals surface area (Å²) in [6.45, 7) is 0.984. The van der Waals surface area contributed by atoms with Crippen LogP contribution in [0.1, 0.15) is 21.5 Å². The Bertz CT molecular complexity index is 1040. The lowest BCUT2D eigenvalue weighted by atomic mass is 10.0. The second-order valence-corrected chi connectivity index (χ2v) is 6.49. The molecule has 1 heterocycles. The first-order chi connectivity index (χ1) is 14.1. The van der Waals surface area contributed by atoms with Crippen molar-refractivity contribution in [2.45, 2.75) is 6.42 Å². The van der Waals surface area contributed by atoms with Gasteiger partial charge in [0.25, 0.3) is 0 Å². The van der Waals surface area contributed by atoms with E-state index in [1.165, 1.54) is 24.3 Å². The van der Waals surface area contributed by atoms with Crippen molar-refractivity contribution in [3.05, 3.63) is 89.2 Å². The smallest absolute Gasteiger partial charge is 0.315 e. The number of ether oxygens (including phenoxy) is 3. The number of hydrogen-bond donors (Lipinski definition) is 0. The van der Waals surface area contributed by atoms with Gasteiger partial charge in [-0.15, -0.1) is 0 Å². The van der Waals surface area contributed by atoms with E-state index in [0.717, 1.165) is 5.56 Å². The summed E-state index contributed by atoms with van der Waals surface area (Å²) in [4.78, 5) is 24.6. The van der Waals surface area contributed by atoms with Crippen LogP contribution >= 0.6 is 0 Å². The molecule has 0 aromatic heterocycles. The van der Waals surface area contributed by atoms with Crippen LogP contribution in [0.15, 0.2) is 66.7 Å². The van der Waals surface area contributed by atoms with Gasteiger partial charge in [-0.1, -0.05) is 6.07 Å². The standard InChI is InChI=1S/C23H17FO5/c24-18-6-2-16(3-7-18)23(26)17-4-8-19(9-5-17)29-22(25)14-15-1-10-20-21(13-15)28-12-11-27-20/h1-10,13H,11-12,14H2. The van der Waals surface area contributed by atoms with Gasteiger partial charge in [0.15, 0.2) is 17.3 Å². The molecule has 3 aromatic carbocycles. The molecular formula is C23H17FO5. The number of hydrogen-bond acceptors (Lipinski definition) is 5. The molecular weight excluding hydrogens is 375 g/mol. The molecule has 0 N–H and O–H groups in total. The second-order valence-electron chi connectivity index (χ2n) is 6.49.